The van der Waals surface area contributed by atoms with Crippen LogP contribution >= 0.6 is 23.2 Å². The van der Waals surface area contributed by atoms with Crippen LogP contribution in [0.5, 0.6) is 0 Å². The largest absolute Gasteiger partial charge is 0.332 e. The van der Waals surface area contributed by atoms with Gasteiger partial charge in [0, 0.05) is 23.5 Å². The van der Waals surface area contributed by atoms with Gasteiger partial charge in [0.25, 0.3) is 5.91 Å². The molecule has 1 atom stereocenters. The van der Waals surface area contributed by atoms with Crippen molar-refractivity contribution in [3.05, 3.63) is 63.1 Å². The van der Waals surface area contributed by atoms with Crippen molar-refractivity contribution in [3.8, 4) is 0 Å². The van der Waals surface area contributed by atoms with Gasteiger partial charge < -0.3 is 4.90 Å². The fraction of sp³-hybridized carbons (Fsp3) is 0.300. The summed E-state index contributed by atoms with van der Waals surface area (Å²) in [5.74, 6) is -0.289. The third-order valence-corrected chi connectivity index (χ3v) is 5.25. The van der Waals surface area contributed by atoms with E-state index in [-0.39, 0.29) is 11.9 Å². The maximum absolute atomic E-state index is 13.2. The van der Waals surface area contributed by atoms with Crippen LogP contribution in [0.1, 0.15) is 23.6 Å². The van der Waals surface area contributed by atoms with Gasteiger partial charge in [-0.15, -0.1) is 0 Å². The van der Waals surface area contributed by atoms with Crippen LogP contribution in [0.25, 0.3) is 0 Å². The number of hydrogen-bond acceptors (Lipinski definition) is 2. The van der Waals surface area contributed by atoms with Gasteiger partial charge in [0.05, 0.1) is 5.69 Å². The van der Waals surface area contributed by atoms with Crippen LogP contribution in [-0.2, 0) is 11.2 Å². The monoisotopic (exact) mass is 390 g/mol. The second-order valence-electron chi connectivity index (χ2n) is 7.06. The Bertz CT molecular complexity index is 872. The smallest absolute Gasteiger partial charge is 0.312 e. The molecule has 2 aromatic carbocycles. The lowest BCUT2D eigenvalue weighted by atomic mass is 9.90. The summed E-state index contributed by atoms with van der Waals surface area (Å²) in [6, 6.07) is 10.5. The van der Waals surface area contributed by atoms with Crippen LogP contribution in [-0.4, -0.2) is 29.4 Å². The number of anilines is 1. The fourth-order valence-corrected chi connectivity index (χ4v) is 4.01. The maximum atomic E-state index is 13.2. The molecule has 1 aliphatic heterocycles. The molecule has 1 heterocycles. The van der Waals surface area contributed by atoms with Crippen molar-refractivity contribution in [3.63, 3.8) is 0 Å². The van der Waals surface area contributed by atoms with Gasteiger partial charge >= 0.3 is 6.03 Å². The van der Waals surface area contributed by atoms with Crippen molar-refractivity contribution in [2.24, 2.45) is 0 Å². The maximum Gasteiger partial charge on any atom is 0.332 e. The van der Waals surface area contributed by atoms with Gasteiger partial charge in [0.1, 0.15) is 5.54 Å². The second-order valence-corrected chi connectivity index (χ2v) is 7.93. The predicted molar refractivity (Wildman–Crippen MR) is 105 cm³/mol. The van der Waals surface area contributed by atoms with Gasteiger partial charge in [-0.2, -0.15) is 0 Å². The van der Waals surface area contributed by atoms with Gasteiger partial charge in [-0.25, -0.2) is 9.69 Å². The molecule has 0 saturated carbocycles. The zero-order chi connectivity index (χ0) is 19.2. The Morgan fingerprint density at radius 3 is 2.00 bits per heavy atom. The Morgan fingerprint density at radius 1 is 0.923 bits per heavy atom. The number of amides is 3. The number of halogens is 2. The molecule has 0 aromatic heterocycles. The summed E-state index contributed by atoms with van der Waals surface area (Å²) in [4.78, 5) is 28.7. The average molecular weight is 391 g/mol. The summed E-state index contributed by atoms with van der Waals surface area (Å²) in [6.07, 6.45) is 0.432. The first kappa shape index (κ1) is 18.7. The molecular formula is C20H20Cl2N2O2. The highest BCUT2D eigenvalue weighted by atomic mass is 35.5. The number of aryl methyl sites for hydroxylation is 2. The molecule has 1 unspecified atom stereocenters. The molecule has 0 N–H and O–H groups in total. The molecule has 136 valence electrons. The van der Waals surface area contributed by atoms with Gasteiger partial charge in [0.2, 0.25) is 0 Å². The molecule has 2 aromatic rings. The zero-order valence-electron chi connectivity index (χ0n) is 15.1. The molecule has 0 aliphatic carbocycles. The number of hydrogen-bond donors (Lipinski definition) is 0. The minimum atomic E-state index is -0.980. The van der Waals surface area contributed by atoms with Crippen LogP contribution in [0.3, 0.4) is 0 Å². The number of imide groups is 1. The van der Waals surface area contributed by atoms with Crippen molar-refractivity contribution in [2.75, 3.05) is 11.9 Å². The average Bonchev–Trinajstić information content (AvgIpc) is 2.66. The molecule has 1 saturated heterocycles. The van der Waals surface area contributed by atoms with Gasteiger partial charge in [-0.1, -0.05) is 52.5 Å². The van der Waals surface area contributed by atoms with Gasteiger partial charge in [-0.05, 0) is 44.5 Å². The van der Waals surface area contributed by atoms with Crippen molar-refractivity contribution in [1.29, 1.82) is 0 Å². The van der Waals surface area contributed by atoms with E-state index in [0.717, 1.165) is 21.6 Å². The molecule has 3 rings (SSSR count). The number of carbonyl (C=O) groups is 2. The van der Waals surface area contributed by atoms with E-state index >= 15 is 0 Å². The molecule has 3 amide bonds. The number of carbonyl (C=O) groups excluding carboxylic acids is 2. The fourth-order valence-electron chi connectivity index (χ4n) is 3.49. The first-order chi connectivity index (χ1) is 12.1. The lowest BCUT2D eigenvalue weighted by molar-refractivity contribution is -0.123. The summed E-state index contributed by atoms with van der Waals surface area (Å²) in [5, 5.41) is 0.748. The second kappa shape index (κ2) is 6.60. The molecule has 26 heavy (non-hydrogen) atoms. The van der Waals surface area contributed by atoms with E-state index in [9.17, 15) is 9.59 Å². The van der Waals surface area contributed by atoms with Crippen LogP contribution in [0, 0.1) is 13.8 Å². The first-order valence-electron chi connectivity index (χ1n) is 8.27. The minimum Gasteiger partial charge on any atom is -0.312 e. The standard InChI is InChI=1S/C20H20Cl2N2O2/c1-12-5-13(2)7-14(6-12)11-20(3)18(25)24(19(26)23(20)4)17-9-15(21)8-16(22)10-17/h5-10H,11H2,1-4H3. The Morgan fingerprint density at radius 2 is 1.46 bits per heavy atom. The first-order valence-corrected chi connectivity index (χ1v) is 9.03. The molecular weight excluding hydrogens is 371 g/mol. The molecule has 0 bridgehead atoms. The van der Waals surface area contributed by atoms with Crippen molar-refractivity contribution in [1.82, 2.24) is 4.90 Å². The summed E-state index contributed by atoms with van der Waals surface area (Å²) in [5.41, 5.74) is 2.67. The molecule has 0 spiro atoms. The number of urea groups is 1. The van der Waals surface area contributed by atoms with E-state index in [4.69, 9.17) is 23.2 Å². The topological polar surface area (TPSA) is 40.6 Å². The van der Waals surface area contributed by atoms with Crippen LogP contribution in [0.4, 0.5) is 10.5 Å². The quantitative estimate of drug-likeness (QED) is 0.690. The van der Waals surface area contributed by atoms with Crippen molar-refractivity contribution >= 4 is 40.8 Å². The van der Waals surface area contributed by atoms with E-state index in [1.807, 2.05) is 26.0 Å². The zero-order valence-corrected chi connectivity index (χ0v) is 16.6. The van der Waals surface area contributed by atoms with E-state index in [1.165, 1.54) is 4.90 Å². The lowest BCUT2D eigenvalue weighted by Gasteiger charge is -2.28. The molecule has 1 aliphatic rings. The van der Waals surface area contributed by atoms with E-state index in [0.29, 0.717) is 22.2 Å². The highest BCUT2D eigenvalue weighted by Gasteiger charge is 2.53. The Labute approximate surface area is 163 Å². The lowest BCUT2D eigenvalue weighted by Crippen LogP contribution is -2.47. The molecule has 6 heteroatoms. The normalized spacial score (nSPS) is 20.2. The third kappa shape index (κ3) is 3.19. The summed E-state index contributed by atoms with van der Waals surface area (Å²) >= 11 is 12.1. The summed E-state index contributed by atoms with van der Waals surface area (Å²) in [6.45, 7) is 5.83. The van der Waals surface area contributed by atoms with Crippen LogP contribution < -0.4 is 4.90 Å². The number of benzene rings is 2. The van der Waals surface area contributed by atoms with Crippen LogP contribution in [0.15, 0.2) is 36.4 Å². The highest BCUT2D eigenvalue weighted by Crippen LogP contribution is 2.36. The number of likely N-dealkylation sites (N-methyl/N-ethyl adjacent to an activating group) is 1. The van der Waals surface area contributed by atoms with E-state index in [2.05, 4.69) is 6.07 Å². The molecule has 4 nitrogen and oxygen atoms in total. The molecule has 1 fully saturated rings. The van der Waals surface area contributed by atoms with Crippen LogP contribution in [0.2, 0.25) is 10.0 Å². The van der Waals surface area contributed by atoms with Gasteiger partial charge in [0.15, 0.2) is 0 Å². The Kier molecular flexibility index (Phi) is 4.76. The summed E-state index contributed by atoms with van der Waals surface area (Å²) < 4.78 is 0. The van der Waals surface area contributed by atoms with E-state index < -0.39 is 5.54 Å². The third-order valence-electron chi connectivity index (χ3n) is 4.82. The Hall–Kier alpha value is -2.04. The minimum absolute atomic E-state index is 0.289. The van der Waals surface area contributed by atoms with Gasteiger partial charge in [-0.3, -0.25) is 4.79 Å². The SMILES string of the molecule is Cc1cc(C)cc(CC2(C)C(=O)N(c3cc(Cl)cc(Cl)c3)C(=O)N2C)c1. The van der Waals surface area contributed by atoms with Crippen molar-refractivity contribution < 1.29 is 9.59 Å². The number of rotatable bonds is 3. The van der Waals surface area contributed by atoms with Crippen molar-refractivity contribution in [2.45, 2.75) is 32.7 Å². The van der Waals surface area contributed by atoms with E-state index in [1.54, 1.807) is 32.2 Å². The Balaban J connectivity index is 2.00. The highest BCUT2D eigenvalue weighted by molar-refractivity contribution is 6.35. The summed E-state index contributed by atoms with van der Waals surface area (Å²) in [7, 11) is 1.65. The molecule has 0 radical (unpaired) electrons. The predicted octanol–water partition coefficient (Wildman–Crippen LogP) is 5.01. The number of nitrogens with zero attached hydrogens (tertiary/aromatic N) is 2.